The Morgan fingerprint density at radius 1 is 0.905 bits per heavy atom. The second-order valence-corrected chi connectivity index (χ2v) is 12.2. The van der Waals surface area contributed by atoms with Gasteiger partial charge in [0.2, 0.25) is 17.7 Å². The van der Waals surface area contributed by atoms with Crippen LogP contribution in [0.3, 0.4) is 0 Å². The molecular formula is C31H27N3O6S2. The van der Waals surface area contributed by atoms with E-state index in [-0.39, 0.29) is 29.1 Å². The van der Waals surface area contributed by atoms with Crippen molar-refractivity contribution in [3.05, 3.63) is 98.5 Å². The molecule has 3 amide bonds. The SMILES string of the molecule is COc1ccc(C2c3sc(=O)n(CC(=O)Nc4cccc(C)c4)c3SC3C(=O)N(c4ccccc4)C(=O)C32)cc1OC. The maximum Gasteiger partial charge on any atom is 0.308 e. The van der Waals surface area contributed by atoms with Crippen molar-refractivity contribution >= 4 is 52.2 Å². The third-order valence-electron chi connectivity index (χ3n) is 7.43. The first kappa shape index (κ1) is 27.8. The molecule has 2 aliphatic rings. The normalized spacial score (nSPS) is 19.3. The third kappa shape index (κ3) is 4.78. The van der Waals surface area contributed by atoms with Crippen LogP contribution in [0.15, 0.2) is 82.6 Å². The number of nitrogens with zero attached hydrogens (tertiary/aromatic N) is 2. The number of rotatable bonds is 7. The zero-order valence-electron chi connectivity index (χ0n) is 23.0. The first-order valence-electron chi connectivity index (χ1n) is 13.2. The van der Waals surface area contributed by atoms with Gasteiger partial charge in [-0.3, -0.25) is 23.7 Å². The number of para-hydroxylation sites is 1. The van der Waals surface area contributed by atoms with Crippen LogP contribution in [0, 0.1) is 12.8 Å². The Kier molecular flexibility index (Phi) is 7.38. The Bertz CT molecular complexity index is 1770. The van der Waals surface area contributed by atoms with E-state index >= 15 is 0 Å². The number of aryl methyl sites for hydroxylation is 1. The highest BCUT2D eigenvalue weighted by Crippen LogP contribution is 2.54. The van der Waals surface area contributed by atoms with Crippen molar-refractivity contribution in [2.45, 2.75) is 29.7 Å². The molecule has 0 spiro atoms. The quantitative estimate of drug-likeness (QED) is 0.307. The number of hydrogen-bond donors (Lipinski definition) is 1. The van der Waals surface area contributed by atoms with Gasteiger partial charge in [-0.25, -0.2) is 4.90 Å². The lowest BCUT2D eigenvalue weighted by molar-refractivity contribution is -0.122. The fourth-order valence-corrected chi connectivity index (χ4v) is 8.33. The number of hydrogen-bond acceptors (Lipinski definition) is 8. The van der Waals surface area contributed by atoms with Gasteiger partial charge >= 0.3 is 4.87 Å². The van der Waals surface area contributed by atoms with Gasteiger partial charge in [-0.15, -0.1) is 0 Å². The summed E-state index contributed by atoms with van der Waals surface area (Å²) >= 11 is 2.17. The van der Waals surface area contributed by atoms with E-state index in [9.17, 15) is 19.2 Å². The Balaban J connectivity index is 1.44. The topological polar surface area (TPSA) is 107 Å². The number of anilines is 2. The minimum Gasteiger partial charge on any atom is -0.493 e. The first-order chi connectivity index (χ1) is 20.3. The van der Waals surface area contributed by atoms with E-state index in [0.717, 1.165) is 16.9 Å². The van der Waals surface area contributed by atoms with Gasteiger partial charge in [-0.05, 0) is 54.4 Å². The van der Waals surface area contributed by atoms with E-state index in [1.54, 1.807) is 42.5 Å². The molecule has 11 heteroatoms. The van der Waals surface area contributed by atoms with Crippen LogP contribution in [0.2, 0.25) is 0 Å². The van der Waals surface area contributed by atoms with E-state index in [2.05, 4.69) is 5.32 Å². The van der Waals surface area contributed by atoms with Crippen LogP contribution in [0.4, 0.5) is 11.4 Å². The van der Waals surface area contributed by atoms with Gasteiger partial charge in [0.1, 0.15) is 11.8 Å². The molecule has 6 rings (SSSR count). The monoisotopic (exact) mass is 601 g/mol. The smallest absolute Gasteiger partial charge is 0.308 e. The number of aromatic nitrogens is 1. The minimum absolute atomic E-state index is 0.230. The summed E-state index contributed by atoms with van der Waals surface area (Å²) in [6.45, 7) is 1.70. The minimum atomic E-state index is -0.789. The summed E-state index contributed by atoms with van der Waals surface area (Å²) in [6, 6.07) is 21.6. The number of imide groups is 1. The standard InChI is InChI=1S/C31H27N3O6S2/c1-17-8-7-9-19(14-17)32-23(35)16-33-30-27(42-31(33)38)24(18-12-13-21(39-2)22(15-18)40-3)25-26(41-30)29(37)34(28(25)36)20-10-5-4-6-11-20/h4-15,24-26H,16H2,1-3H3,(H,32,35). The van der Waals surface area contributed by atoms with Crippen molar-refractivity contribution in [1.82, 2.24) is 4.57 Å². The molecule has 9 nitrogen and oxygen atoms in total. The van der Waals surface area contributed by atoms with Gasteiger partial charge < -0.3 is 14.8 Å². The van der Waals surface area contributed by atoms with E-state index < -0.39 is 17.1 Å². The molecule has 42 heavy (non-hydrogen) atoms. The lowest BCUT2D eigenvalue weighted by Gasteiger charge is -2.31. The number of thioether (sulfide) groups is 1. The zero-order valence-corrected chi connectivity index (χ0v) is 24.7. The molecule has 0 aliphatic carbocycles. The molecule has 0 saturated carbocycles. The number of fused-ring (bicyclic) bond motifs is 2. The summed E-state index contributed by atoms with van der Waals surface area (Å²) in [7, 11) is 3.06. The molecule has 3 heterocycles. The van der Waals surface area contributed by atoms with E-state index in [1.807, 2.05) is 37.3 Å². The summed E-state index contributed by atoms with van der Waals surface area (Å²) in [6.07, 6.45) is 0. The van der Waals surface area contributed by atoms with E-state index in [1.165, 1.54) is 35.4 Å². The molecule has 1 aromatic heterocycles. The van der Waals surface area contributed by atoms with Gasteiger partial charge in [0.15, 0.2) is 11.5 Å². The lowest BCUT2D eigenvalue weighted by Crippen LogP contribution is -2.33. The van der Waals surface area contributed by atoms with Crippen molar-refractivity contribution in [2.24, 2.45) is 5.92 Å². The van der Waals surface area contributed by atoms with Gasteiger partial charge in [0, 0.05) is 16.5 Å². The number of carbonyl (C=O) groups is 3. The maximum absolute atomic E-state index is 14.0. The molecule has 2 aliphatic heterocycles. The second kappa shape index (κ2) is 11.1. The lowest BCUT2D eigenvalue weighted by atomic mass is 9.83. The Labute approximate surface area is 250 Å². The molecule has 214 valence electrons. The summed E-state index contributed by atoms with van der Waals surface area (Å²) in [4.78, 5) is 55.9. The fraction of sp³-hybridized carbons (Fsp3) is 0.226. The van der Waals surface area contributed by atoms with E-state index in [0.29, 0.717) is 38.3 Å². The summed E-state index contributed by atoms with van der Waals surface area (Å²) in [5, 5.41) is 2.58. The van der Waals surface area contributed by atoms with Crippen molar-refractivity contribution in [2.75, 3.05) is 24.4 Å². The molecule has 3 atom stereocenters. The summed E-state index contributed by atoms with van der Waals surface area (Å²) in [5.74, 6) is -1.45. The number of ether oxygens (including phenoxy) is 2. The number of amides is 3. The van der Waals surface area contributed by atoms with Crippen LogP contribution in [-0.2, 0) is 20.9 Å². The van der Waals surface area contributed by atoms with Crippen LogP contribution in [0.1, 0.15) is 21.9 Å². The largest absolute Gasteiger partial charge is 0.493 e. The highest BCUT2D eigenvalue weighted by molar-refractivity contribution is 8.00. The molecule has 4 aromatic rings. The van der Waals surface area contributed by atoms with Crippen molar-refractivity contribution in [1.29, 1.82) is 0 Å². The fourth-order valence-electron chi connectivity index (χ4n) is 5.56. The number of carbonyl (C=O) groups excluding carboxylic acids is 3. The second-order valence-electron chi connectivity index (χ2n) is 10.0. The first-order valence-corrected chi connectivity index (χ1v) is 14.9. The average molecular weight is 602 g/mol. The van der Waals surface area contributed by atoms with Crippen molar-refractivity contribution < 1.29 is 23.9 Å². The number of nitrogens with one attached hydrogen (secondary N) is 1. The molecule has 3 unspecified atom stereocenters. The molecule has 1 saturated heterocycles. The van der Waals surface area contributed by atoms with Gasteiger partial charge in [0.05, 0.1) is 30.9 Å². The number of thiazole rings is 1. The number of benzene rings is 3. The van der Waals surface area contributed by atoms with Gasteiger partial charge in [0.25, 0.3) is 0 Å². The summed E-state index contributed by atoms with van der Waals surface area (Å²) in [5.41, 5.74) is 2.82. The third-order valence-corrected chi connectivity index (χ3v) is 10.0. The van der Waals surface area contributed by atoms with Gasteiger partial charge in [-0.2, -0.15) is 0 Å². The molecular weight excluding hydrogens is 574 g/mol. The summed E-state index contributed by atoms with van der Waals surface area (Å²) < 4.78 is 12.4. The van der Waals surface area contributed by atoms with E-state index in [4.69, 9.17) is 9.47 Å². The average Bonchev–Trinajstić information content (AvgIpc) is 3.43. The van der Waals surface area contributed by atoms with Crippen LogP contribution >= 0.6 is 23.1 Å². The zero-order chi connectivity index (χ0) is 29.5. The Morgan fingerprint density at radius 2 is 1.67 bits per heavy atom. The molecule has 0 bridgehead atoms. The van der Waals surface area contributed by atoms with Crippen LogP contribution < -0.4 is 24.6 Å². The van der Waals surface area contributed by atoms with Gasteiger partial charge in [-0.1, -0.05) is 59.5 Å². The predicted molar refractivity (Wildman–Crippen MR) is 162 cm³/mol. The highest BCUT2D eigenvalue weighted by Gasteiger charge is 2.57. The highest BCUT2D eigenvalue weighted by atomic mass is 32.2. The van der Waals surface area contributed by atoms with Crippen molar-refractivity contribution in [3.8, 4) is 11.5 Å². The maximum atomic E-state index is 14.0. The van der Waals surface area contributed by atoms with Crippen LogP contribution in [0.25, 0.3) is 0 Å². The molecule has 1 fully saturated rings. The molecule has 0 radical (unpaired) electrons. The predicted octanol–water partition coefficient (Wildman–Crippen LogP) is 4.67. The van der Waals surface area contributed by atoms with Crippen molar-refractivity contribution in [3.63, 3.8) is 0 Å². The molecule has 1 N–H and O–H groups in total. The molecule has 3 aromatic carbocycles. The Hall–Kier alpha value is -4.35. The Morgan fingerprint density at radius 3 is 2.38 bits per heavy atom. The van der Waals surface area contributed by atoms with Crippen LogP contribution in [0.5, 0.6) is 11.5 Å². The van der Waals surface area contributed by atoms with Crippen LogP contribution in [-0.4, -0.2) is 41.8 Å². The number of methoxy groups -OCH3 is 2.